The molecule has 10 heteroatoms. The molecule has 2 aromatic heterocycles. The zero-order valence-corrected chi connectivity index (χ0v) is 18.5. The van der Waals surface area contributed by atoms with Crippen molar-refractivity contribution in [1.82, 2.24) is 14.5 Å². The number of nitrogens with zero attached hydrogens (tertiary/aromatic N) is 3. The summed E-state index contributed by atoms with van der Waals surface area (Å²) in [6, 6.07) is 7.52. The van der Waals surface area contributed by atoms with E-state index in [2.05, 4.69) is 9.97 Å². The lowest BCUT2D eigenvalue weighted by Crippen LogP contribution is -2.24. The zero-order valence-electron chi connectivity index (χ0n) is 17.0. The van der Waals surface area contributed by atoms with Crippen molar-refractivity contribution in [3.8, 4) is 23.0 Å². The van der Waals surface area contributed by atoms with E-state index in [-0.39, 0.29) is 22.7 Å². The molecule has 0 fully saturated rings. The van der Waals surface area contributed by atoms with Gasteiger partial charge in [-0.2, -0.15) is 9.97 Å². The molecule has 0 amide bonds. The van der Waals surface area contributed by atoms with Crippen molar-refractivity contribution in [1.29, 1.82) is 0 Å². The second kappa shape index (κ2) is 9.36. The fourth-order valence-electron chi connectivity index (χ4n) is 3.25. The van der Waals surface area contributed by atoms with E-state index in [1.807, 2.05) is 6.92 Å². The van der Waals surface area contributed by atoms with Crippen molar-refractivity contribution in [2.45, 2.75) is 19.9 Å². The number of halogens is 2. The van der Waals surface area contributed by atoms with Gasteiger partial charge in [0.15, 0.2) is 5.43 Å². The van der Waals surface area contributed by atoms with Crippen molar-refractivity contribution >= 4 is 29.2 Å². The number of methoxy groups -OCH3 is 2. The largest absolute Gasteiger partial charge is 0.481 e. The molecule has 0 aliphatic carbocycles. The minimum atomic E-state index is -1.33. The third kappa shape index (κ3) is 4.65. The van der Waals surface area contributed by atoms with E-state index in [1.54, 1.807) is 16.7 Å². The molecule has 0 aliphatic rings. The molecule has 0 radical (unpaired) electrons. The number of carboxylic acids is 1. The predicted octanol–water partition coefficient (Wildman–Crippen LogP) is 3.94. The zero-order chi connectivity index (χ0) is 22.7. The third-order valence-corrected chi connectivity index (χ3v) is 5.34. The Morgan fingerprint density at radius 1 is 1.06 bits per heavy atom. The van der Waals surface area contributed by atoms with E-state index in [1.165, 1.54) is 32.4 Å². The first-order chi connectivity index (χ1) is 14.8. The van der Waals surface area contributed by atoms with Crippen LogP contribution in [0.3, 0.4) is 0 Å². The van der Waals surface area contributed by atoms with Crippen molar-refractivity contribution in [3.63, 3.8) is 0 Å². The number of hydrogen-bond donors (Lipinski definition) is 1. The van der Waals surface area contributed by atoms with Crippen LogP contribution in [0.15, 0.2) is 35.1 Å². The van der Waals surface area contributed by atoms with Crippen LogP contribution in [-0.4, -0.2) is 39.8 Å². The van der Waals surface area contributed by atoms with E-state index in [0.717, 1.165) is 0 Å². The van der Waals surface area contributed by atoms with Crippen LogP contribution in [0.5, 0.6) is 11.8 Å². The van der Waals surface area contributed by atoms with Crippen LogP contribution < -0.4 is 14.9 Å². The number of rotatable bonds is 7. The second-order valence-electron chi connectivity index (χ2n) is 6.45. The summed E-state index contributed by atoms with van der Waals surface area (Å²) >= 11 is 12.2. The van der Waals surface area contributed by atoms with E-state index in [9.17, 15) is 14.7 Å². The van der Waals surface area contributed by atoms with Crippen LogP contribution in [0, 0.1) is 0 Å². The molecular weight excluding hydrogens is 445 g/mol. The second-order valence-corrected chi connectivity index (χ2v) is 7.26. The number of hydrogen-bond acceptors (Lipinski definition) is 6. The molecule has 8 nitrogen and oxygen atoms in total. The van der Waals surface area contributed by atoms with Gasteiger partial charge in [-0.25, -0.2) is 4.79 Å². The van der Waals surface area contributed by atoms with Crippen molar-refractivity contribution < 1.29 is 19.4 Å². The highest BCUT2D eigenvalue weighted by Crippen LogP contribution is 2.31. The number of benzene rings is 1. The molecule has 2 heterocycles. The smallest absolute Gasteiger partial charge is 0.341 e. The summed E-state index contributed by atoms with van der Waals surface area (Å²) in [7, 11) is 2.94. The van der Waals surface area contributed by atoms with Crippen LogP contribution in [0.4, 0.5) is 0 Å². The van der Waals surface area contributed by atoms with Crippen LogP contribution in [0.1, 0.15) is 28.8 Å². The lowest BCUT2D eigenvalue weighted by atomic mass is 10.0. The molecule has 162 valence electrons. The van der Waals surface area contributed by atoms with Gasteiger partial charge in [-0.1, -0.05) is 29.3 Å². The molecule has 1 aromatic carbocycles. The van der Waals surface area contributed by atoms with E-state index in [4.69, 9.17) is 32.7 Å². The van der Waals surface area contributed by atoms with Gasteiger partial charge in [-0.05, 0) is 19.1 Å². The highest BCUT2D eigenvalue weighted by Gasteiger charge is 2.23. The average molecular weight is 464 g/mol. The Kier molecular flexibility index (Phi) is 6.82. The van der Waals surface area contributed by atoms with Gasteiger partial charge in [0.1, 0.15) is 11.4 Å². The van der Waals surface area contributed by atoms with Gasteiger partial charge in [0.05, 0.1) is 36.0 Å². The normalized spacial score (nSPS) is 10.7. The first-order valence-electron chi connectivity index (χ1n) is 9.20. The van der Waals surface area contributed by atoms with Gasteiger partial charge in [0.25, 0.3) is 0 Å². The summed E-state index contributed by atoms with van der Waals surface area (Å²) in [5.41, 5.74) is 0.216. The standard InChI is InChI=1S/C21H19Cl2N3O5/c1-4-26-12(9-16-24-17(30-2)10-18(25-16)31-3)8-15(27)19(21(28)29)20(26)11-5-6-13(22)14(23)7-11/h5-8,10H,4,9H2,1-3H3,(H,28,29). The van der Waals surface area contributed by atoms with Crippen LogP contribution in [0.2, 0.25) is 10.0 Å². The molecule has 3 rings (SSSR count). The number of carboxylic acid groups (broad SMARTS) is 1. The monoisotopic (exact) mass is 463 g/mol. The Morgan fingerprint density at radius 2 is 1.71 bits per heavy atom. The van der Waals surface area contributed by atoms with Crippen molar-refractivity contribution in [3.05, 3.63) is 67.7 Å². The molecule has 1 N–H and O–H groups in total. The first kappa shape index (κ1) is 22.6. The van der Waals surface area contributed by atoms with E-state index < -0.39 is 11.4 Å². The van der Waals surface area contributed by atoms with Gasteiger partial charge in [0, 0.05) is 30.3 Å². The van der Waals surface area contributed by atoms with Crippen LogP contribution in [-0.2, 0) is 13.0 Å². The third-order valence-electron chi connectivity index (χ3n) is 4.60. The summed E-state index contributed by atoms with van der Waals surface area (Å²) < 4.78 is 12.1. The first-order valence-corrected chi connectivity index (χ1v) is 9.96. The Bertz CT molecular complexity index is 1190. The van der Waals surface area contributed by atoms with Crippen LogP contribution in [0.25, 0.3) is 11.3 Å². The number of aromatic carboxylic acids is 1. The molecule has 0 bridgehead atoms. The molecule has 0 aliphatic heterocycles. The summed E-state index contributed by atoms with van der Waals surface area (Å²) in [5, 5.41) is 10.3. The van der Waals surface area contributed by atoms with Gasteiger partial charge in [-0.3, -0.25) is 4.79 Å². The maximum absolute atomic E-state index is 12.8. The quantitative estimate of drug-likeness (QED) is 0.565. The number of carbonyl (C=O) groups is 1. The molecule has 0 atom stereocenters. The Labute approximate surface area is 188 Å². The van der Waals surface area contributed by atoms with Gasteiger partial charge in [-0.15, -0.1) is 0 Å². The predicted molar refractivity (Wildman–Crippen MR) is 117 cm³/mol. The number of aromatic nitrogens is 3. The molecular formula is C21H19Cl2N3O5. The minimum absolute atomic E-state index is 0.144. The maximum atomic E-state index is 12.8. The fourth-order valence-corrected chi connectivity index (χ4v) is 3.55. The van der Waals surface area contributed by atoms with Crippen LogP contribution >= 0.6 is 23.2 Å². The van der Waals surface area contributed by atoms with E-state index >= 15 is 0 Å². The minimum Gasteiger partial charge on any atom is -0.481 e. The molecule has 0 saturated carbocycles. The molecule has 0 saturated heterocycles. The lowest BCUT2D eigenvalue weighted by Gasteiger charge is -2.20. The Hall–Kier alpha value is -3.10. The van der Waals surface area contributed by atoms with Gasteiger partial charge in [0.2, 0.25) is 11.8 Å². The topological polar surface area (TPSA) is 104 Å². The maximum Gasteiger partial charge on any atom is 0.341 e. The Balaban J connectivity index is 2.26. The number of pyridine rings is 1. The number of ether oxygens (including phenoxy) is 2. The van der Waals surface area contributed by atoms with Gasteiger partial charge < -0.3 is 19.1 Å². The highest BCUT2D eigenvalue weighted by molar-refractivity contribution is 6.42. The average Bonchev–Trinajstić information content (AvgIpc) is 2.74. The summed E-state index contributed by atoms with van der Waals surface area (Å²) in [4.78, 5) is 33.3. The van der Waals surface area contributed by atoms with Crippen molar-refractivity contribution in [2.75, 3.05) is 14.2 Å². The summed E-state index contributed by atoms with van der Waals surface area (Å²) in [6.07, 6.45) is 0.144. The Morgan fingerprint density at radius 3 is 2.23 bits per heavy atom. The molecule has 0 spiro atoms. The highest BCUT2D eigenvalue weighted by atomic mass is 35.5. The van der Waals surface area contributed by atoms with Gasteiger partial charge >= 0.3 is 5.97 Å². The molecule has 3 aromatic rings. The van der Waals surface area contributed by atoms with Crippen molar-refractivity contribution in [2.24, 2.45) is 0 Å². The summed E-state index contributed by atoms with van der Waals surface area (Å²) in [5.74, 6) is -0.377. The summed E-state index contributed by atoms with van der Waals surface area (Å²) in [6.45, 7) is 2.22. The SMILES string of the molecule is CCn1c(Cc2nc(OC)cc(OC)n2)cc(=O)c(C(=O)O)c1-c1ccc(Cl)c(Cl)c1. The molecule has 31 heavy (non-hydrogen) atoms. The molecule has 0 unspecified atom stereocenters. The fraction of sp³-hybridized carbons (Fsp3) is 0.238. The van der Waals surface area contributed by atoms with E-state index in [0.29, 0.717) is 40.4 Å². The lowest BCUT2D eigenvalue weighted by molar-refractivity contribution is 0.0695.